The van der Waals surface area contributed by atoms with Crippen molar-refractivity contribution in [3.63, 3.8) is 0 Å². The first kappa shape index (κ1) is 28.0. The van der Waals surface area contributed by atoms with Crippen LogP contribution in [0.25, 0.3) is 0 Å². The van der Waals surface area contributed by atoms with E-state index in [1.165, 1.54) is 0 Å². The first-order valence-electron chi connectivity index (χ1n) is 11.4. The first-order chi connectivity index (χ1) is 16.1. The van der Waals surface area contributed by atoms with Gasteiger partial charge in [-0.05, 0) is 6.42 Å². The number of aliphatic hydroxyl groups is 5. The molecule has 2 aliphatic heterocycles. The molecule has 14 atom stereocenters. The fraction of sp³-hybridized carbons (Fsp3) is 1.00. The Morgan fingerprint density at radius 2 is 1.21 bits per heavy atom. The predicted octanol–water partition coefficient (Wildman–Crippen LogP) is -6.67. The summed E-state index contributed by atoms with van der Waals surface area (Å²) in [5, 5.41) is 50.8. The molecule has 34 heavy (non-hydrogen) atoms. The Balaban J connectivity index is 1.60. The number of hydrogen-bond donors (Lipinski definition) is 10. The molecule has 0 bridgehead atoms. The SMILES string of the molecule is NCC1OC(OCCO[C@@H]2[C@@H](O)[C@H](N)C[C@H](N)[C@H]2O[C@H]2O[C@H](CN)[C@@H](O)[C@H](O)[C@H]2N)C(O)C1O. The van der Waals surface area contributed by atoms with E-state index in [2.05, 4.69) is 0 Å². The van der Waals surface area contributed by atoms with E-state index in [4.69, 9.17) is 52.4 Å². The molecule has 3 fully saturated rings. The highest BCUT2D eigenvalue weighted by atomic mass is 16.7. The summed E-state index contributed by atoms with van der Waals surface area (Å²) >= 11 is 0. The first-order valence-corrected chi connectivity index (χ1v) is 11.4. The lowest BCUT2D eigenvalue weighted by Gasteiger charge is -2.46. The monoisotopic (exact) mass is 497 g/mol. The van der Waals surface area contributed by atoms with Gasteiger partial charge in [-0.3, -0.25) is 0 Å². The van der Waals surface area contributed by atoms with Crippen LogP contribution >= 0.6 is 0 Å². The van der Waals surface area contributed by atoms with Crippen LogP contribution in [-0.4, -0.2) is 137 Å². The highest BCUT2D eigenvalue weighted by Gasteiger charge is 2.49. The summed E-state index contributed by atoms with van der Waals surface area (Å²) in [7, 11) is 0. The van der Waals surface area contributed by atoms with Gasteiger partial charge in [0.15, 0.2) is 12.6 Å². The lowest BCUT2D eigenvalue weighted by molar-refractivity contribution is -0.292. The van der Waals surface area contributed by atoms with E-state index in [0.717, 1.165) is 0 Å². The minimum absolute atomic E-state index is 0.0137. The number of nitrogens with two attached hydrogens (primary N) is 5. The molecule has 0 spiro atoms. The largest absolute Gasteiger partial charge is 0.389 e. The summed E-state index contributed by atoms with van der Waals surface area (Å²) in [5.74, 6) is 0. The van der Waals surface area contributed by atoms with Gasteiger partial charge in [-0.25, -0.2) is 0 Å². The number of hydrogen-bond acceptors (Lipinski definition) is 15. The van der Waals surface area contributed by atoms with Crippen LogP contribution in [0, 0.1) is 0 Å². The van der Waals surface area contributed by atoms with E-state index in [1.807, 2.05) is 0 Å². The smallest absolute Gasteiger partial charge is 0.186 e. The molecule has 2 saturated heterocycles. The van der Waals surface area contributed by atoms with Crippen molar-refractivity contribution in [2.24, 2.45) is 28.7 Å². The molecule has 0 aromatic carbocycles. The summed E-state index contributed by atoms with van der Waals surface area (Å²) in [6.07, 6.45) is -11.9. The maximum atomic E-state index is 10.6. The van der Waals surface area contributed by atoms with Crippen LogP contribution in [0.15, 0.2) is 0 Å². The molecular formula is C19H39N5O10. The molecule has 200 valence electrons. The van der Waals surface area contributed by atoms with Gasteiger partial charge in [-0.1, -0.05) is 0 Å². The van der Waals surface area contributed by atoms with E-state index < -0.39 is 85.6 Å². The molecule has 15 heteroatoms. The average Bonchev–Trinajstić information content (AvgIpc) is 3.09. The summed E-state index contributed by atoms with van der Waals surface area (Å²) in [5.41, 5.74) is 29.3. The molecule has 15 nitrogen and oxygen atoms in total. The normalized spacial score (nSPS) is 49.9. The molecule has 3 rings (SSSR count). The second kappa shape index (κ2) is 12.1. The van der Waals surface area contributed by atoms with Gasteiger partial charge >= 0.3 is 0 Å². The highest BCUT2D eigenvalue weighted by molar-refractivity contribution is 5.00. The van der Waals surface area contributed by atoms with Gasteiger partial charge in [0, 0.05) is 25.2 Å². The van der Waals surface area contributed by atoms with Gasteiger partial charge < -0.3 is 77.9 Å². The second-order valence-electron chi connectivity index (χ2n) is 8.96. The van der Waals surface area contributed by atoms with Crippen LogP contribution < -0.4 is 28.7 Å². The molecule has 0 radical (unpaired) electrons. The zero-order valence-corrected chi connectivity index (χ0v) is 18.8. The average molecular weight is 498 g/mol. The van der Waals surface area contributed by atoms with Gasteiger partial charge in [0.1, 0.15) is 48.8 Å². The number of rotatable bonds is 9. The van der Waals surface area contributed by atoms with Crippen molar-refractivity contribution < 1.29 is 49.2 Å². The summed E-state index contributed by atoms with van der Waals surface area (Å²) in [4.78, 5) is 0. The van der Waals surface area contributed by atoms with Crippen molar-refractivity contribution in [3.8, 4) is 0 Å². The molecule has 4 unspecified atom stereocenters. The van der Waals surface area contributed by atoms with Crippen LogP contribution in [0.2, 0.25) is 0 Å². The lowest BCUT2D eigenvalue weighted by atomic mass is 9.84. The Bertz CT molecular complexity index is 638. The van der Waals surface area contributed by atoms with Gasteiger partial charge in [-0.2, -0.15) is 0 Å². The third-order valence-corrected chi connectivity index (χ3v) is 6.56. The molecule has 1 aliphatic carbocycles. The molecule has 0 aromatic heterocycles. The van der Waals surface area contributed by atoms with Gasteiger partial charge in [-0.15, -0.1) is 0 Å². The van der Waals surface area contributed by atoms with Crippen molar-refractivity contribution in [2.75, 3.05) is 26.3 Å². The van der Waals surface area contributed by atoms with Crippen molar-refractivity contribution in [3.05, 3.63) is 0 Å². The van der Waals surface area contributed by atoms with Crippen LogP contribution in [0.1, 0.15) is 6.42 Å². The van der Waals surface area contributed by atoms with Crippen molar-refractivity contribution in [1.82, 2.24) is 0 Å². The Hall–Kier alpha value is -0.600. The molecule has 3 aliphatic rings. The van der Waals surface area contributed by atoms with Crippen LogP contribution in [0.4, 0.5) is 0 Å². The van der Waals surface area contributed by atoms with Gasteiger partial charge in [0.25, 0.3) is 0 Å². The molecule has 2 heterocycles. The molecule has 0 aromatic rings. The Morgan fingerprint density at radius 3 is 1.82 bits per heavy atom. The molecule has 1 saturated carbocycles. The van der Waals surface area contributed by atoms with Crippen molar-refractivity contribution in [2.45, 2.75) is 92.1 Å². The second-order valence-corrected chi connectivity index (χ2v) is 8.96. The number of aliphatic hydroxyl groups excluding tert-OH is 5. The van der Waals surface area contributed by atoms with Gasteiger partial charge in [0.05, 0.1) is 25.4 Å². The topological polar surface area (TPSA) is 277 Å². The van der Waals surface area contributed by atoms with Gasteiger partial charge in [0.2, 0.25) is 0 Å². The van der Waals surface area contributed by atoms with E-state index in [9.17, 15) is 25.5 Å². The summed E-state index contributed by atoms with van der Waals surface area (Å²) < 4.78 is 28.1. The Labute approximate surface area is 197 Å². The van der Waals surface area contributed by atoms with E-state index >= 15 is 0 Å². The zero-order valence-electron chi connectivity index (χ0n) is 18.8. The zero-order chi connectivity index (χ0) is 25.2. The third-order valence-electron chi connectivity index (χ3n) is 6.56. The van der Waals surface area contributed by atoms with Crippen molar-refractivity contribution >= 4 is 0 Å². The van der Waals surface area contributed by atoms with E-state index in [1.54, 1.807) is 0 Å². The molecule has 0 amide bonds. The Kier molecular flexibility index (Phi) is 9.95. The predicted molar refractivity (Wildman–Crippen MR) is 115 cm³/mol. The van der Waals surface area contributed by atoms with E-state index in [-0.39, 0.29) is 32.7 Å². The standard InChI is InChI=1S/C19H39N5O10/c20-4-8-12(26)14(28)10(24)18(32-8)34-16-7(23)3-6(22)11(25)17(16)30-1-2-31-19-15(29)13(27)9(5-21)33-19/h6-19,25-29H,1-5,20-24H2/t6-,7+,8-,9?,10-,11+,12-,13?,14-,15?,16-,17-,18-,19?/m1/s1. The Morgan fingerprint density at radius 1 is 0.647 bits per heavy atom. The third kappa shape index (κ3) is 5.86. The minimum atomic E-state index is -1.35. The van der Waals surface area contributed by atoms with Crippen LogP contribution in [0.5, 0.6) is 0 Å². The minimum Gasteiger partial charge on any atom is -0.389 e. The fourth-order valence-corrected chi connectivity index (χ4v) is 4.46. The quantitative estimate of drug-likeness (QED) is 0.132. The van der Waals surface area contributed by atoms with Crippen LogP contribution in [0.3, 0.4) is 0 Å². The van der Waals surface area contributed by atoms with Crippen molar-refractivity contribution in [1.29, 1.82) is 0 Å². The summed E-state index contributed by atoms with van der Waals surface area (Å²) in [6, 6.07) is -2.46. The maximum Gasteiger partial charge on any atom is 0.186 e. The number of ether oxygens (including phenoxy) is 5. The fourth-order valence-electron chi connectivity index (χ4n) is 4.46. The summed E-state index contributed by atoms with van der Waals surface area (Å²) in [6.45, 7) is -0.200. The molecular weight excluding hydrogens is 458 g/mol. The molecule has 15 N–H and O–H groups in total. The highest BCUT2D eigenvalue weighted by Crippen LogP contribution is 2.29. The van der Waals surface area contributed by atoms with E-state index in [0.29, 0.717) is 0 Å². The van der Waals surface area contributed by atoms with Crippen LogP contribution in [-0.2, 0) is 23.7 Å². The lowest BCUT2D eigenvalue weighted by Crippen LogP contribution is -2.67. The maximum absolute atomic E-state index is 10.6.